The number of hydrogen-bond acceptors (Lipinski definition) is 6. The van der Waals surface area contributed by atoms with Gasteiger partial charge in [0.15, 0.2) is 0 Å². The maximum atomic E-state index is 10.4. The number of rotatable bonds is 4. The fraction of sp³-hybridized carbons (Fsp3) is 0.294. The Morgan fingerprint density at radius 2 is 1.79 bits per heavy atom. The molecule has 0 saturated heterocycles. The molecule has 2 N–H and O–H groups in total. The van der Waals surface area contributed by atoms with Crippen molar-refractivity contribution in [3.8, 4) is 11.5 Å². The molecule has 1 aliphatic rings. The Hall–Kier alpha value is -2.54. The Morgan fingerprint density at radius 3 is 2.29 bits per heavy atom. The smallest absolute Gasteiger partial charge is 0.139 e. The van der Waals surface area contributed by atoms with Gasteiger partial charge >= 0.3 is 0 Å². The van der Waals surface area contributed by atoms with Crippen molar-refractivity contribution < 1.29 is 14.6 Å². The molecule has 2 aromatic rings. The highest BCUT2D eigenvalue weighted by Gasteiger charge is 2.32. The van der Waals surface area contributed by atoms with Gasteiger partial charge in [-0.2, -0.15) is 0 Å². The summed E-state index contributed by atoms with van der Waals surface area (Å²) in [5, 5.41) is 19.6. The molecule has 24 heavy (non-hydrogen) atoms. The molecule has 0 aliphatic carbocycles. The predicted octanol–water partition coefficient (Wildman–Crippen LogP) is 3.54. The minimum atomic E-state index is 0.149. The number of methoxy groups -OCH3 is 2. The van der Waals surface area contributed by atoms with E-state index in [-0.39, 0.29) is 18.1 Å². The van der Waals surface area contributed by atoms with Crippen LogP contribution in [0.15, 0.2) is 24.0 Å². The molecule has 0 saturated carbocycles. The highest BCUT2D eigenvalue weighted by molar-refractivity contribution is 7.13. The average molecular weight is 345 g/mol. The van der Waals surface area contributed by atoms with E-state index in [1.54, 1.807) is 25.2 Å². The van der Waals surface area contributed by atoms with E-state index in [2.05, 4.69) is 4.98 Å². The zero-order valence-corrected chi connectivity index (χ0v) is 14.8. The lowest BCUT2D eigenvalue weighted by atomic mass is 10.2. The van der Waals surface area contributed by atoms with Crippen LogP contribution in [0.5, 0.6) is 11.5 Å². The fourth-order valence-electron chi connectivity index (χ4n) is 2.55. The number of nitrogens with zero attached hydrogens (tertiary/aromatic N) is 2. The molecule has 0 bridgehead atoms. The summed E-state index contributed by atoms with van der Waals surface area (Å²) in [7, 11) is 3.16. The predicted molar refractivity (Wildman–Crippen MR) is 95.8 cm³/mol. The summed E-state index contributed by atoms with van der Waals surface area (Å²) >= 11 is 1.49. The van der Waals surface area contributed by atoms with Gasteiger partial charge in [-0.05, 0) is 13.8 Å². The zero-order valence-electron chi connectivity index (χ0n) is 14.0. The quantitative estimate of drug-likeness (QED) is 0.886. The van der Waals surface area contributed by atoms with Gasteiger partial charge < -0.3 is 19.5 Å². The van der Waals surface area contributed by atoms with Crippen molar-refractivity contribution >= 4 is 28.4 Å². The van der Waals surface area contributed by atoms with Crippen LogP contribution in [-0.4, -0.2) is 36.7 Å². The molecule has 1 aliphatic heterocycles. The molecule has 3 rings (SSSR count). The average Bonchev–Trinajstić information content (AvgIpc) is 3.05. The van der Waals surface area contributed by atoms with Crippen molar-refractivity contribution in [2.24, 2.45) is 0 Å². The highest BCUT2D eigenvalue weighted by Crippen LogP contribution is 2.36. The summed E-state index contributed by atoms with van der Waals surface area (Å²) in [5.74, 6) is 1.63. The van der Waals surface area contributed by atoms with E-state index in [1.807, 2.05) is 26.0 Å². The van der Waals surface area contributed by atoms with Crippen molar-refractivity contribution in [2.75, 3.05) is 25.7 Å². The molecule has 1 aromatic heterocycles. The molecule has 7 heteroatoms. The van der Waals surface area contributed by atoms with Gasteiger partial charge in [-0.25, -0.2) is 4.98 Å². The first-order valence-corrected chi connectivity index (χ1v) is 8.22. The second kappa shape index (κ2) is 6.16. The molecule has 0 amide bonds. The lowest BCUT2D eigenvalue weighted by Crippen LogP contribution is -2.26. The van der Waals surface area contributed by atoms with Gasteiger partial charge in [0.25, 0.3) is 0 Å². The van der Waals surface area contributed by atoms with Crippen LogP contribution in [0, 0.1) is 19.3 Å². The first-order valence-electron chi connectivity index (χ1n) is 7.40. The molecule has 126 valence electrons. The first-order chi connectivity index (χ1) is 11.4. The van der Waals surface area contributed by atoms with E-state index in [9.17, 15) is 5.11 Å². The Bertz CT molecular complexity index is 800. The number of aryl methyl sites for hydroxylation is 2. The Morgan fingerprint density at radius 1 is 1.17 bits per heavy atom. The largest absolute Gasteiger partial charge is 0.510 e. The standard InChI is InChI=1S/C17H19N3O3S/c1-9-10(2)24-17(19-9)15-14(21)8-20(16(15)18)11-5-12(22-3)7-13(6-11)23-4/h5-7,18,21H,8H2,1-4H3. The Labute approximate surface area is 144 Å². The van der Waals surface area contributed by atoms with Crippen molar-refractivity contribution in [3.63, 3.8) is 0 Å². The van der Waals surface area contributed by atoms with Crippen molar-refractivity contribution in [2.45, 2.75) is 13.8 Å². The number of thiazole rings is 1. The van der Waals surface area contributed by atoms with Crippen LogP contribution >= 0.6 is 11.3 Å². The van der Waals surface area contributed by atoms with Crippen molar-refractivity contribution in [1.82, 2.24) is 4.98 Å². The van der Waals surface area contributed by atoms with Crippen LogP contribution in [0.25, 0.3) is 5.57 Å². The van der Waals surface area contributed by atoms with Gasteiger partial charge in [-0.1, -0.05) is 0 Å². The van der Waals surface area contributed by atoms with Crippen LogP contribution in [-0.2, 0) is 0 Å². The number of aromatic nitrogens is 1. The van der Waals surface area contributed by atoms with Crippen LogP contribution in [0.2, 0.25) is 0 Å². The third-order valence-corrected chi connectivity index (χ3v) is 5.08. The minimum absolute atomic E-state index is 0.149. The molecule has 6 nitrogen and oxygen atoms in total. The SMILES string of the molecule is COc1cc(OC)cc(N2CC(O)=C(c3nc(C)c(C)s3)C2=N)c1. The molecule has 0 spiro atoms. The van der Waals surface area contributed by atoms with Crippen molar-refractivity contribution in [3.05, 3.63) is 39.5 Å². The van der Waals surface area contributed by atoms with Crippen LogP contribution in [0.1, 0.15) is 15.6 Å². The number of aliphatic hydroxyl groups is 1. The fourth-order valence-corrected chi connectivity index (χ4v) is 3.54. The van der Waals surface area contributed by atoms with Gasteiger partial charge in [0.05, 0.1) is 37.7 Å². The first kappa shape index (κ1) is 16.3. The summed E-state index contributed by atoms with van der Waals surface area (Å²) < 4.78 is 10.6. The number of nitrogens with one attached hydrogen (secondary N) is 1. The van der Waals surface area contributed by atoms with E-state index in [1.165, 1.54) is 11.3 Å². The third-order valence-electron chi connectivity index (χ3n) is 3.99. The second-order valence-electron chi connectivity index (χ2n) is 5.49. The third kappa shape index (κ3) is 2.71. The lowest BCUT2D eigenvalue weighted by Gasteiger charge is -2.20. The summed E-state index contributed by atoms with van der Waals surface area (Å²) in [6.07, 6.45) is 0. The van der Waals surface area contributed by atoms with Gasteiger partial charge in [0.2, 0.25) is 0 Å². The van der Waals surface area contributed by atoms with E-state index < -0.39 is 0 Å². The molecular weight excluding hydrogens is 326 g/mol. The van der Waals surface area contributed by atoms with E-state index in [0.717, 1.165) is 16.3 Å². The number of ether oxygens (including phenoxy) is 2. The minimum Gasteiger partial charge on any atom is -0.510 e. The highest BCUT2D eigenvalue weighted by atomic mass is 32.1. The maximum absolute atomic E-state index is 10.4. The van der Waals surface area contributed by atoms with E-state index >= 15 is 0 Å². The summed E-state index contributed by atoms with van der Waals surface area (Å²) in [6, 6.07) is 5.39. The normalized spacial score (nSPS) is 14.5. The van der Waals surface area contributed by atoms with Crippen LogP contribution in [0.3, 0.4) is 0 Å². The van der Waals surface area contributed by atoms with Gasteiger partial charge in [-0.3, -0.25) is 5.41 Å². The molecule has 0 radical (unpaired) electrons. The van der Waals surface area contributed by atoms with E-state index in [0.29, 0.717) is 22.1 Å². The van der Waals surface area contributed by atoms with Gasteiger partial charge in [-0.15, -0.1) is 11.3 Å². The number of hydrogen-bond donors (Lipinski definition) is 2. The molecule has 2 heterocycles. The maximum Gasteiger partial charge on any atom is 0.139 e. The number of anilines is 1. The topological polar surface area (TPSA) is 78.7 Å². The Balaban J connectivity index is 1.98. The van der Waals surface area contributed by atoms with Crippen molar-refractivity contribution in [1.29, 1.82) is 5.41 Å². The summed E-state index contributed by atoms with van der Waals surface area (Å²) in [6.45, 7) is 4.13. The number of benzene rings is 1. The van der Waals surface area contributed by atoms with E-state index in [4.69, 9.17) is 14.9 Å². The van der Waals surface area contributed by atoms with Gasteiger partial charge in [0, 0.05) is 23.1 Å². The van der Waals surface area contributed by atoms with Crippen LogP contribution in [0.4, 0.5) is 5.69 Å². The summed E-state index contributed by atoms with van der Waals surface area (Å²) in [4.78, 5) is 7.27. The number of amidine groups is 1. The molecule has 0 fully saturated rings. The second-order valence-corrected chi connectivity index (χ2v) is 6.69. The van der Waals surface area contributed by atoms with Gasteiger partial charge in [0.1, 0.15) is 28.1 Å². The molecular formula is C17H19N3O3S. The summed E-state index contributed by atoms with van der Waals surface area (Å²) in [5.41, 5.74) is 2.13. The number of aliphatic hydroxyl groups excluding tert-OH is 1. The molecule has 0 atom stereocenters. The molecule has 0 unspecified atom stereocenters. The zero-order chi connectivity index (χ0) is 17.4. The Kier molecular flexibility index (Phi) is 4.19. The van der Waals surface area contributed by atoms with Crippen LogP contribution < -0.4 is 14.4 Å². The lowest BCUT2D eigenvalue weighted by molar-refractivity contribution is 0.394. The monoisotopic (exact) mass is 345 g/mol. The molecule has 1 aromatic carbocycles.